The van der Waals surface area contributed by atoms with Crippen molar-refractivity contribution in [2.24, 2.45) is 0 Å². The Morgan fingerprint density at radius 2 is 2.18 bits per heavy atom. The lowest BCUT2D eigenvalue weighted by atomic mass is 10.3. The Morgan fingerprint density at radius 3 is 2.71 bits per heavy atom. The number of rotatable bonds is 4. The Hall–Kier alpha value is -2.31. The first kappa shape index (κ1) is 11.2. The van der Waals surface area contributed by atoms with Crippen LogP contribution in [0.4, 0.5) is 10.5 Å². The van der Waals surface area contributed by atoms with Gasteiger partial charge in [-0.2, -0.15) is 0 Å². The molecule has 1 N–H and O–H groups in total. The molecular weight excluding hydrogens is 228 g/mol. The monoisotopic (exact) mass is 238 g/mol. The number of benzene rings is 1. The largest absolute Gasteiger partial charge is 0.490 e. The fourth-order valence-electron chi connectivity index (χ4n) is 1.38. The zero-order valence-corrected chi connectivity index (χ0v) is 8.79. The van der Waals surface area contributed by atoms with Crippen LogP contribution in [0.25, 0.3) is 0 Å². The van der Waals surface area contributed by atoms with Crippen molar-refractivity contribution in [2.75, 3.05) is 13.2 Å². The highest BCUT2D eigenvalue weighted by Gasteiger charge is 2.22. The van der Waals surface area contributed by atoms with E-state index in [-0.39, 0.29) is 18.4 Å². The second-order valence-corrected chi connectivity index (χ2v) is 3.47. The molecule has 0 unspecified atom stereocenters. The number of carbonyl (C=O) groups is 1. The molecule has 0 aliphatic carbocycles. The van der Waals surface area contributed by atoms with Gasteiger partial charge in [0.25, 0.3) is 5.69 Å². The molecule has 0 saturated carbocycles. The maximum absolute atomic E-state index is 10.7. The van der Waals surface area contributed by atoms with Crippen molar-refractivity contribution in [3.05, 3.63) is 34.4 Å². The molecule has 1 aliphatic heterocycles. The number of nitro benzene ring substituents is 1. The Kier molecular flexibility index (Phi) is 3.08. The molecule has 1 aliphatic rings. The third-order valence-corrected chi connectivity index (χ3v) is 2.23. The minimum atomic E-state index is -0.480. The number of cyclic esters (lactones) is 1. The molecule has 7 nitrogen and oxygen atoms in total. The first-order valence-corrected chi connectivity index (χ1v) is 4.97. The molecule has 1 amide bonds. The third kappa shape index (κ3) is 2.83. The Labute approximate surface area is 96.5 Å². The lowest BCUT2D eigenvalue weighted by Gasteiger charge is -2.09. The van der Waals surface area contributed by atoms with Crippen LogP contribution in [0.1, 0.15) is 0 Å². The van der Waals surface area contributed by atoms with Crippen LogP contribution in [0.15, 0.2) is 24.3 Å². The molecule has 1 saturated heterocycles. The van der Waals surface area contributed by atoms with E-state index in [2.05, 4.69) is 5.32 Å². The van der Waals surface area contributed by atoms with Crippen LogP contribution < -0.4 is 10.1 Å². The summed E-state index contributed by atoms with van der Waals surface area (Å²) in [5.74, 6) is 0.499. The zero-order chi connectivity index (χ0) is 12.3. The number of carbonyl (C=O) groups excluding carboxylic acids is 1. The molecule has 17 heavy (non-hydrogen) atoms. The number of ether oxygens (including phenoxy) is 2. The van der Waals surface area contributed by atoms with Gasteiger partial charge in [-0.1, -0.05) is 0 Å². The SMILES string of the molecule is O=C1NC[C@@H](COc2ccc([N+](=O)[O-])cc2)O1. The van der Waals surface area contributed by atoms with Crippen LogP contribution in [-0.2, 0) is 4.74 Å². The van der Waals surface area contributed by atoms with Crippen molar-refractivity contribution in [3.63, 3.8) is 0 Å². The molecule has 7 heteroatoms. The van der Waals surface area contributed by atoms with Gasteiger partial charge in [-0.25, -0.2) is 4.79 Å². The number of nitro groups is 1. The number of hydrogen-bond acceptors (Lipinski definition) is 5. The van der Waals surface area contributed by atoms with E-state index >= 15 is 0 Å². The normalized spacial score (nSPS) is 18.4. The quantitative estimate of drug-likeness (QED) is 0.626. The number of non-ortho nitro benzene ring substituents is 1. The standard InChI is InChI=1S/C10H10N2O5/c13-10-11-5-9(17-10)6-16-8-3-1-7(2-4-8)12(14)15/h1-4,9H,5-6H2,(H,11,13)/t9-/m0/s1. The van der Waals surface area contributed by atoms with E-state index in [1.807, 2.05) is 0 Å². The van der Waals surface area contributed by atoms with Gasteiger partial charge in [-0.05, 0) is 12.1 Å². The van der Waals surface area contributed by atoms with Gasteiger partial charge < -0.3 is 14.8 Å². The molecular formula is C10H10N2O5. The predicted octanol–water partition coefficient (Wildman–Crippen LogP) is 1.08. The molecule has 0 spiro atoms. The lowest BCUT2D eigenvalue weighted by molar-refractivity contribution is -0.384. The highest BCUT2D eigenvalue weighted by Crippen LogP contribution is 2.17. The van der Waals surface area contributed by atoms with Crippen LogP contribution >= 0.6 is 0 Å². The second-order valence-electron chi connectivity index (χ2n) is 3.47. The van der Waals surface area contributed by atoms with Crippen LogP contribution in [0.2, 0.25) is 0 Å². The van der Waals surface area contributed by atoms with Crippen LogP contribution in [0, 0.1) is 10.1 Å². The molecule has 1 atom stereocenters. The Balaban J connectivity index is 1.87. The summed E-state index contributed by atoms with van der Waals surface area (Å²) in [5.41, 5.74) is 0.00584. The Bertz CT molecular complexity index is 431. The van der Waals surface area contributed by atoms with Crippen molar-refractivity contribution < 1.29 is 19.2 Å². The van der Waals surface area contributed by atoms with Crippen molar-refractivity contribution in [2.45, 2.75) is 6.10 Å². The van der Waals surface area contributed by atoms with Gasteiger partial charge >= 0.3 is 6.09 Å². The molecule has 1 aromatic carbocycles. The third-order valence-electron chi connectivity index (χ3n) is 2.23. The van der Waals surface area contributed by atoms with Gasteiger partial charge in [0, 0.05) is 12.1 Å². The van der Waals surface area contributed by atoms with Gasteiger partial charge in [0.1, 0.15) is 12.4 Å². The number of amides is 1. The van der Waals surface area contributed by atoms with E-state index < -0.39 is 11.0 Å². The molecule has 1 heterocycles. The summed E-state index contributed by atoms with van der Waals surface area (Å²) in [6, 6.07) is 5.72. The summed E-state index contributed by atoms with van der Waals surface area (Å²) in [7, 11) is 0. The smallest absolute Gasteiger partial charge is 0.407 e. The molecule has 0 aromatic heterocycles. The first-order chi connectivity index (χ1) is 8.15. The van der Waals surface area contributed by atoms with Gasteiger partial charge in [-0.15, -0.1) is 0 Å². The maximum Gasteiger partial charge on any atom is 0.407 e. The van der Waals surface area contributed by atoms with E-state index in [0.29, 0.717) is 12.3 Å². The van der Waals surface area contributed by atoms with Crippen molar-refractivity contribution >= 4 is 11.8 Å². The van der Waals surface area contributed by atoms with Crippen LogP contribution in [-0.4, -0.2) is 30.3 Å². The highest BCUT2D eigenvalue weighted by molar-refractivity contribution is 5.69. The van der Waals surface area contributed by atoms with Gasteiger partial charge in [0.2, 0.25) is 0 Å². The number of nitrogens with zero attached hydrogens (tertiary/aromatic N) is 1. The van der Waals surface area contributed by atoms with Crippen LogP contribution in [0.5, 0.6) is 5.75 Å². The Morgan fingerprint density at radius 1 is 1.47 bits per heavy atom. The van der Waals surface area contributed by atoms with Crippen LogP contribution in [0.3, 0.4) is 0 Å². The average Bonchev–Trinajstić information content (AvgIpc) is 2.73. The van der Waals surface area contributed by atoms with E-state index in [1.54, 1.807) is 0 Å². The molecule has 1 fully saturated rings. The van der Waals surface area contributed by atoms with E-state index in [0.717, 1.165) is 0 Å². The maximum atomic E-state index is 10.7. The van der Waals surface area contributed by atoms with Gasteiger partial charge in [-0.3, -0.25) is 10.1 Å². The highest BCUT2D eigenvalue weighted by atomic mass is 16.6. The molecule has 90 valence electrons. The molecule has 2 rings (SSSR count). The predicted molar refractivity (Wildman–Crippen MR) is 56.9 cm³/mol. The summed E-state index contributed by atoms with van der Waals surface area (Å²) in [6.07, 6.45) is -0.778. The first-order valence-electron chi connectivity index (χ1n) is 4.97. The van der Waals surface area contributed by atoms with Crippen molar-refractivity contribution in [1.29, 1.82) is 0 Å². The van der Waals surface area contributed by atoms with Gasteiger partial charge in [0.15, 0.2) is 6.10 Å². The summed E-state index contributed by atoms with van der Waals surface area (Å²) in [6.45, 7) is 0.627. The van der Waals surface area contributed by atoms with Gasteiger partial charge in [0.05, 0.1) is 11.5 Å². The summed E-state index contributed by atoms with van der Waals surface area (Å²) in [5, 5.41) is 12.9. The summed E-state index contributed by atoms with van der Waals surface area (Å²) >= 11 is 0. The van der Waals surface area contributed by atoms with Crippen molar-refractivity contribution in [3.8, 4) is 5.75 Å². The number of hydrogen-bond donors (Lipinski definition) is 1. The zero-order valence-electron chi connectivity index (χ0n) is 8.79. The number of nitrogens with one attached hydrogen (secondary N) is 1. The molecule has 0 bridgehead atoms. The van der Waals surface area contributed by atoms with E-state index in [4.69, 9.17) is 9.47 Å². The van der Waals surface area contributed by atoms with E-state index in [9.17, 15) is 14.9 Å². The average molecular weight is 238 g/mol. The summed E-state index contributed by atoms with van der Waals surface area (Å²) < 4.78 is 10.2. The lowest BCUT2D eigenvalue weighted by Crippen LogP contribution is -2.21. The molecule has 0 radical (unpaired) electrons. The fraction of sp³-hybridized carbons (Fsp3) is 0.300. The fourth-order valence-corrected chi connectivity index (χ4v) is 1.38. The topological polar surface area (TPSA) is 90.7 Å². The molecule has 1 aromatic rings. The number of alkyl carbamates (subject to hydrolysis) is 1. The summed E-state index contributed by atoms with van der Waals surface area (Å²) in [4.78, 5) is 20.7. The minimum absolute atomic E-state index is 0.00584. The minimum Gasteiger partial charge on any atom is -0.490 e. The second kappa shape index (κ2) is 4.69. The van der Waals surface area contributed by atoms with Crippen molar-refractivity contribution in [1.82, 2.24) is 5.32 Å². The van der Waals surface area contributed by atoms with E-state index in [1.165, 1.54) is 24.3 Å².